The van der Waals surface area contributed by atoms with Crippen molar-refractivity contribution in [1.29, 1.82) is 0 Å². The van der Waals surface area contributed by atoms with Crippen LogP contribution in [0.4, 0.5) is 10.1 Å². The fraction of sp³-hybridized carbons (Fsp3) is 0.425. The van der Waals surface area contributed by atoms with Gasteiger partial charge in [0.25, 0.3) is 0 Å². The van der Waals surface area contributed by atoms with E-state index >= 15 is 0 Å². The molecule has 0 saturated heterocycles. The SMILES string of the molecule is CCc1c(C2(C)CCCC/C(=C3/N=CC(C)CCc4[nH]c(-c5ccc(NS(C)(=O)=O)cc5)cc43)CC2)[nH]c(C)c1-c1ccc(OC)c(F)c1. The van der Waals surface area contributed by atoms with Gasteiger partial charge in [-0.1, -0.05) is 45.4 Å². The molecule has 2 aromatic heterocycles. The zero-order valence-corrected chi connectivity index (χ0v) is 30.4. The van der Waals surface area contributed by atoms with Crippen molar-refractivity contribution in [3.63, 3.8) is 0 Å². The Bertz CT molecular complexity index is 2000. The van der Waals surface area contributed by atoms with E-state index in [0.717, 1.165) is 97.8 Å². The van der Waals surface area contributed by atoms with Crippen molar-refractivity contribution < 1.29 is 17.5 Å². The number of aromatic nitrogens is 2. The average Bonchev–Trinajstić information content (AvgIpc) is 3.62. The summed E-state index contributed by atoms with van der Waals surface area (Å²) < 4.78 is 46.0. The molecular weight excluding hydrogens is 636 g/mol. The molecule has 2 unspecified atom stereocenters. The van der Waals surface area contributed by atoms with E-state index < -0.39 is 10.0 Å². The lowest BCUT2D eigenvalue weighted by molar-refractivity contribution is 0.357. The second-order valence-electron chi connectivity index (χ2n) is 14.2. The summed E-state index contributed by atoms with van der Waals surface area (Å²) in [4.78, 5) is 12.7. The maximum absolute atomic E-state index is 14.8. The number of hydrogen-bond donors (Lipinski definition) is 3. The maximum atomic E-state index is 14.8. The van der Waals surface area contributed by atoms with Crippen LogP contribution in [0.3, 0.4) is 0 Å². The molecule has 3 N–H and O–H groups in total. The monoisotopic (exact) mass is 684 g/mol. The van der Waals surface area contributed by atoms with E-state index in [0.29, 0.717) is 11.6 Å². The van der Waals surface area contributed by atoms with E-state index in [2.05, 4.69) is 54.7 Å². The number of hydrogen-bond acceptors (Lipinski definition) is 4. The van der Waals surface area contributed by atoms with Crippen molar-refractivity contribution in [1.82, 2.24) is 9.97 Å². The summed E-state index contributed by atoms with van der Waals surface area (Å²) >= 11 is 0. The van der Waals surface area contributed by atoms with Crippen LogP contribution in [0, 0.1) is 18.7 Å². The predicted molar refractivity (Wildman–Crippen MR) is 199 cm³/mol. The van der Waals surface area contributed by atoms with Crippen molar-refractivity contribution in [2.45, 2.75) is 90.9 Å². The summed E-state index contributed by atoms with van der Waals surface area (Å²) in [5, 5.41) is 0. The van der Waals surface area contributed by atoms with Crippen LogP contribution >= 0.6 is 0 Å². The first-order valence-corrected chi connectivity index (χ1v) is 19.4. The van der Waals surface area contributed by atoms with Gasteiger partial charge in [-0.2, -0.15) is 0 Å². The minimum Gasteiger partial charge on any atom is -0.494 e. The Morgan fingerprint density at radius 2 is 1.78 bits per heavy atom. The topological polar surface area (TPSA) is 99.3 Å². The molecule has 2 aliphatic rings. The number of allylic oxidation sites excluding steroid dienone is 1. The number of nitrogens with zero attached hydrogens (tertiary/aromatic N) is 1. The molecule has 1 fully saturated rings. The lowest BCUT2D eigenvalue weighted by atomic mass is 9.72. The molecule has 9 heteroatoms. The fourth-order valence-electron chi connectivity index (χ4n) is 7.77. The average molecular weight is 685 g/mol. The van der Waals surface area contributed by atoms with Gasteiger partial charge in [-0.3, -0.25) is 9.71 Å². The van der Waals surface area contributed by atoms with Gasteiger partial charge in [-0.25, -0.2) is 12.8 Å². The normalized spacial score (nSPS) is 21.7. The number of H-pyrrole nitrogens is 2. The smallest absolute Gasteiger partial charge is 0.229 e. The summed E-state index contributed by atoms with van der Waals surface area (Å²) in [6.45, 7) is 8.93. The van der Waals surface area contributed by atoms with Gasteiger partial charge in [0.1, 0.15) is 0 Å². The first-order chi connectivity index (χ1) is 23.4. The summed E-state index contributed by atoms with van der Waals surface area (Å²) in [6, 6.07) is 15.0. The third-order valence-corrected chi connectivity index (χ3v) is 11.0. The van der Waals surface area contributed by atoms with E-state index in [1.54, 1.807) is 24.3 Å². The quantitative estimate of drug-likeness (QED) is 0.181. The minimum atomic E-state index is -3.34. The number of aromatic amines is 2. The fourth-order valence-corrected chi connectivity index (χ4v) is 8.33. The number of rotatable bonds is 7. The van der Waals surface area contributed by atoms with E-state index in [9.17, 15) is 12.8 Å². The molecule has 0 amide bonds. The Morgan fingerprint density at radius 3 is 2.47 bits per heavy atom. The second kappa shape index (κ2) is 14.0. The Hall–Kier alpha value is -4.11. The molecular formula is C40H49FN4O3S. The van der Waals surface area contributed by atoms with Crippen LogP contribution < -0.4 is 9.46 Å². The zero-order chi connectivity index (χ0) is 34.9. The molecule has 3 heterocycles. The Labute approximate surface area is 290 Å². The second-order valence-corrected chi connectivity index (χ2v) is 16.0. The van der Waals surface area contributed by atoms with Crippen LogP contribution in [-0.2, 0) is 28.3 Å². The molecule has 1 saturated carbocycles. The van der Waals surface area contributed by atoms with Crippen LogP contribution in [-0.4, -0.2) is 38.0 Å². The van der Waals surface area contributed by atoms with Crippen LogP contribution in [0.25, 0.3) is 28.1 Å². The van der Waals surface area contributed by atoms with Gasteiger partial charge in [0.05, 0.1) is 19.1 Å². The van der Waals surface area contributed by atoms with Gasteiger partial charge in [-0.15, -0.1) is 0 Å². The highest BCUT2D eigenvalue weighted by Crippen LogP contribution is 2.45. The van der Waals surface area contributed by atoms with E-state index in [-0.39, 0.29) is 17.0 Å². The number of benzene rings is 2. The molecule has 7 nitrogen and oxygen atoms in total. The number of halogens is 1. The highest BCUT2D eigenvalue weighted by Gasteiger charge is 2.34. The lowest BCUT2D eigenvalue weighted by Crippen LogP contribution is -2.25. The summed E-state index contributed by atoms with van der Waals surface area (Å²) in [5.74, 6) is 0.275. The van der Waals surface area contributed by atoms with Crippen molar-refractivity contribution in [3.8, 4) is 28.1 Å². The predicted octanol–water partition coefficient (Wildman–Crippen LogP) is 9.74. The van der Waals surface area contributed by atoms with Gasteiger partial charge in [-0.05, 0) is 117 Å². The van der Waals surface area contributed by atoms with Gasteiger partial charge in [0.15, 0.2) is 11.6 Å². The molecule has 1 aliphatic heterocycles. The van der Waals surface area contributed by atoms with Gasteiger partial charge in [0, 0.05) is 51.2 Å². The van der Waals surface area contributed by atoms with Crippen molar-refractivity contribution in [3.05, 3.63) is 88.1 Å². The van der Waals surface area contributed by atoms with Crippen molar-refractivity contribution in [2.24, 2.45) is 10.9 Å². The Morgan fingerprint density at radius 1 is 1.02 bits per heavy atom. The van der Waals surface area contributed by atoms with Crippen molar-refractivity contribution in [2.75, 3.05) is 18.1 Å². The first-order valence-electron chi connectivity index (χ1n) is 17.5. The molecule has 0 spiro atoms. The standard InChI is InChI=1S/C40H49FN4O3S/c1-7-31-37(29-14-18-36(48-5)33(41)22-29)26(3)43-39(31)40(4)20-9-8-10-28(19-21-40)38-32-23-35(44-34(32)17-11-25(2)24-42-38)27-12-15-30(16-13-27)45-49(6,46)47/h12-16,18,22-25,43-45H,7-11,17,19-21H2,1-6H3/b38-28-,42-24?. The molecule has 0 radical (unpaired) electrons. The number of anilines is 1. The number of nitrogens with one attached hydrogen (secondary N) is 3. The Kier molecular flexibility index (Phi) is 9.94. The van der Waals surface area contributed by atoms with Crippen LogP contribution in [0.1, 0.15) is 93.9 Å². The molecule has 2 atom stereocenters. The summed E-state index contributed by atoms with van der Waals surface area (Å²) in [7, 11) is -1.85. The van der Waals surface area contributed by atoms with Crippen molar-refractivity contribution >= 4 is 27.6 Å². The van der Waals surface area contributed by atoms with Crippen LogP contribution in [0.5, 0.6) is 5.75 Å². The molecule has 6 rings (SSSR count). The van der Waals surface area contributed by atoms with Gasteiger partial charge in [0.2, 0.25) is 10.0 Å². The zero-order valence-electron chi connectivity index (χ0n) is 29.6. The molecule has 1 aliphatic carbocycles. The number of aryl methyl sites for hydroxylation is 2. The molecule has 260 valence electrons. The number of sulfonamides is 1. The highest BCUT2D eigenvalue weighted by molar-refractivity contribution is 7.92. The van der Waals surface area contributed by atoms with E-state index in [1.165, 1.54) is 35.2 Å². The number of methoxy groups -OCH3 is 1. The molecule has 0 bridgehead atoms. The third-order valence-electron chi connectivity index (χ3n) is 10.4. The largest absolute Gasteiger partial charge is 0.494 e. The number of ether oxygens (including phenoxy) is 1. The van der Waals surface area contributed by atoms with E-state index in [4.69, 9.17) is 9.73 Å². The number of aliphatic imine (C=N–C) groups is 1. The van der Waals surface area contributed by atoms with Crippen LogP contribution in [0.2, 0.25) is 0 Å². The third kappa shape index (κ3) is 7.42. The minimum absolute atomic E-state index is 0.0713. The maximum Gasteiger partial charge on any atom is 0.229 e. The van der Waals surface area contributed by atoms with Gasteiger partial charge >= 0.3 is 0 Å². The molecule has 4 aromatic rings. The lowest BCUT2D eigenvalue weighted by Gasteiger charge is -2.33. The van der Waals surface area contributed by atoms with E-state index in [1.807, 2.05) is 18.2 Å². The molecule has 49 heavy (non-hydrogen) atoms. The first kappa shape index (κ1) is 34.7. The van der Waals surface area contributed by atoms with Gasteiger partial charge < -0.3 is 14.7 Å². The highest BCUT2D eigenvalue weighted by atomic mass is 32.2. The summed E-state index contributed by atoms with van der Waals surface area (Å²) in [5.41, 5.74) is 12.9. The Balaban J connectivity index is 1.35. The molecule has 2 aromatic carbocycles. The summed E-state index contributed by atoms with van der Waals surface area (Å²) in [6.07, 6.45) is 12.3. The number of fused-ring (bicyclic) bond motifs is 1. The van der Waals surface area contributed by atoms with Crippen LogP contribution in [0.15, 0.2) is 59.1 Å².